The predicted octanol–water partition coefficient (Wildman–Crippen LogP) is 0.482. The van der Waals surface area contributed by atoms with Crippen LogP contribution in [0.5, 0.6) is 0 Å². The van der Waals surface area contributed by atoms with E-state index in [1.54, 1.807) is 14.2 Å². The molecule has 0 unspecified atom stereocenters. The van der Waals surface area contributed by atoms with Crippen LogP contribution in [0.15, 0.2) is 0 Å². The Morgan fingerprint density at radius 3 is 1.00 bits per heavy atom. The molecule has 0 aliphatic heterocycles. The van der Waals surface area contributed by atoms with Gasteiger partial charge in [-0.15, -0.1) is 0 Å². The van der Waals surface area contributed by atoms with Gasteiger partial charge in [-0.2, -0.15) is 0 Å². The van der Waals surface area contributed by atoms with E-state index in [-0.39, 0.29) is 5.48 Å². The molecule has 0 heterocycles. The van der Waals surface area contributed by atoms with Crippen molar-refractivity contribution in [3.05, 3.63) is 0 Å². The number of hydrogen-bond acceptors (Lipinski definition) is 3. The maximum absolute atomic E-state index is 6.00. The Kier molecular flexibility index (Phi) is 1030. The van der Waals surface area contributed by atoms with Gasteiger partial charge in [0.2, 0.25) is 0 Å². The number of rotatable bonds is 0. The first kappa shape index (κ1) is 24.9. The predicted molar refractivity (Wildman–Crippen MR) is 33.2 cm³/mol. The van der Waals surface area contributed by atoms with Crippen molar-refractivity contribution < 1.29 is 20.7 Å². The highest BCUT2D eigenvalue weighted by molar-refractivity contribution is 3.56. The maximum Gasteiger partial charge on any atom is 0.0351 e. The minimum atomic E-state index is 0. The lowest BCUT2D eigenvalue weighted by Gasteiger charge is -1.61. The normalized spacial score (nSPS) is 3.75. The molecule has 0 radical (unpaired) electrons. The second-order valence-electron chi connectivity index (χ2n) is 0.408. The Bertz CT molecular complexity index is 8.00. The summed E-state index contributed by atoms with van der Waals surface area (Å²) in [6.07, 6.45) is 0. The van der Waals surface area contributed by atoms with Gasteiger partial charge in [0.25, 0.3) is 0 Å². The van der Waals surface area contributed by atoms with Gasteiger partial charge < -0.3 is 10.2 Å². The fourth-order valence-electron chi connectivity index (χ4n) is 0. The van der Waals surface area contributed by atoms with Crippen LogP contribution in [0, 0.1) is 0 Å². The molecular weight excluding hydrogens is 112 g/mol. The molecule has 0 bridgehead atoms. The lowest BCUT2D eigenvalue weighted by atomic mass is 11.0. The van der Waals surface area contributed by atoms with Crippen molar-refractivity contribution >= 4 is 0 Å². The van der Waals surface area contributed by atoms with Crippen LogP contribution in [-0.4, -0.2) is 30.2 Å². The van der Waals surface area contributed by atoms with E-state index < -0.39 is 0 Å². The highest BCUT2D eigenvalue weighted by atomic mass is 17.0. The zero-order chi connectivity index (χ0) is 6.71. The van der Waals surface area contributed by atoms with Crippen LogP contribution in [0.1, 0.15) is 13.8 Å². The Hall–Kier alpha value is -0.160. The van der Waals surface area contributed by atoms with Gasteiger partial charge in [-0.25, -0.2) is 0 Å². The van der Waals surface area contributed by atoms with Gasteiger partial charge in [-0.3, -0.25) is 10.5 Å². The summed E-state index contributed by atoms with van der Waals surface area (Å²) in [5, 5.41) is 12.0. The molecular formula is C4H16O4. The van der Waals surface area contributed by atoms with Crippen LogP contribution in [0.2, 0.25) is 0 Å². The molecule has 0 aromatic carbocycles. The minimum absolute atomic E-state index is 0. The monoisotopic (exact) mass is 128 g/mol. The number of hydrogen-bond donors (Lipinski definition) is 2. The molecule has 0 amide bonds. The smallest absolute Gasteiger partial charge is 0.0351 e. The van der Waals surface area contributed by atoms with Crippen LogP contribution < -0.4 is 0 Å². The molecule has 56 valence electrons. The molecule has 0 aromatic rings. The first-order valence-corrected chi connectivity index (χ1v) is 2.02. The first-order chi connectivity index (χ1) is 3.41. The van der Waals surface area contributed by atoms with Gasteiger partial charge in [0.05, 0.1) is 0 Å². The standard InChI is InChI=1S/C2H6O.C2H6.H2O2.H2O/c1-3-2;2*1-2;/h1-2H3;1-2H3;1-2H;1H2. The fraction of sp³-hybridized carbons (Fsp3) is 1.00. The number of methoxy groups -OCH3 is 1. The van der Waals surface area contributed by atoms with Crippen molar-refractivity contribution in [3.63, 3.8) is 0 Å². The van der Waals surface area contributed by atoms with E-state index in [1.807, 2.05) is 13.8 Å². The number of ether oxygens (including phenoxy) is 1. The molecule has 0 atom stereocenters. The highest BCUT2D eigenvalue weighted by Crippen LogP contribution is 1.28. The van der Waals surface area contributed by atoms with Crippen LogP contribution in [0.25, 0.3) is 0 Å². The Morgan fingerprint density at radius 1 is 1.00 bits per heavy atom. The van der Waals surface area contributed by atoms with Crippen molar-refractivity contribution in [2.24, 2.45) is 0 Å². The Morgan fingerprint density at radius 2 is 1.00 bits per heavy atom. The van der Waals surface area contributed by atoms with Crippen LogP contribution in [-0.2, 0) is 4.74 Å². The average molecular weight is 128 g/mol. The minimum Gasteiger partial charge on any atom is -0.412 e. The van der Waals surface area contributed by atoms with Gasteiger partial charge in [-0.05, 0) is 0 Å². The highest BCUT2D eigenvalue weighted by Gasteiger charge is 1.25. The summed E-state index contributed by atoms with van der Waals surface area (Å²) < 4.78 is 4.25. The van der Waals surface area contributed by atoms with E-state index >= 15 is 0 Å². The second-order valence-corrected chi connectivity index (χ2v) is 0.408. The van der Waals surface area contributed by atoms with E-state index in [2.05, 4.69) is 4.74 Å². The topological polar surface area (TPSA) is 81.2 Å². The molecule has 0 saturated heterocycles. The molecule has 0 aliphatic carbocycles. The molecule has 8 heavy (non-hydrogen) atoms. The lowest BCUT2D eigenvalue weighted by molar-refractivity contribution is -0.176. The van der Waals surface area contributed by atoms with Gasteiger partial charge in [-0.1, -0.05) is 13.8 Å². The fourth-order valence-corrected chi connectivity index (χ4v) is 0. The molecule has 0 aromatic heterocycles. The Labute approximate surface area is 50.0 Å². The van der Waals surface area contributed by atoms with Crippen molar-refractivity contribution in [1.82, 2.24) is 0 Å². The lowest BCUT2D eigenvalue weighted by Crippen LogP contribution is -1.55. The summed E-state index contributed by atoms with van der Waals surface area (Å²) in [6, 6.07) is 0. The summed E-state index contributed by atoms with van der Waals surface area (Å²) in [4.78, 5) is 0. The first-order valence-electron chi connectivity index (χ1n) is 2.02. The van der Waals surface area contributed by atoms with Crippen molar-refractivity contribution in [1.29, 1.82) is 0 Å². The molecule has 0 rings (SSSR count). The summed E-state index contributed by atoms with van der Waals surface area (Å²) in [7, 11) is 3.25. The van der Waals surface area contributed by atoms with Crippen LogP contribution in [0.4, 0.5) is 0 Å². The molecule has 0 saturated carbocycles. The van der Waals surface area contributed by atoms with Crippen molar-refractivity contribution in [2.75, 3.05) is 14.2 Å². The summed E-state index contributed by atoms with van der Waals surface area (Å²) in [5.41, 5.74) is 0. The average Bonchev–Trinajstić information content (AvgIpc) is 1.78. The van der Waals surface area contributed by atoms with E-state index in [9.17, 15) is 0 Å². The third-order valence-corrected chi connectivity index (χ3v) is 0. The van der Waals surface area contributed by atoms with Crippen molar-refractivity contribution in [3.8, 4) is 0 Å². The van der Waals surface area contributed by atoms with Gasteiger partial charge in [0.1, 0.15) is 0 Å². The zero-order valence-electron chi connectivity index (χ0n) is 5.80. The third kappa shape index (κ3) is 5340. The molecule has 0 fully saturated rings. The summed E-state index contributed by atoms with van der Waals surface area (Å²) >= 11 is 0. The molecule has 4 nitrogen and oxygen atoms in total. The molecule has 0 spiro atoms. The largest absolute Gasteiger partial charge is 0.412 e. The van der Waals surface area contributed by atoms with E-state index in [0.717, 1.165) is 0 Å². The van der Waals surface area contributed by atoms with Gasteiger partial charge >= 0.3 is 0 Å². The molecule has 0 aliphatic rings. The maximum atomic E-state index is 6.00. The summed E-state index contributed by atoms with van der Waals surface area (Å²) in [5.74, 6) is 0. The van der Waals surface area contributed by atoms with Crippen LogP contribution >= 0.6 is 0 Å². The van der Waals surface area contributed by atoms with Gasteiger partial charge in [0.15, 0.2) is 0 Å². The molecule has 4 N–H and O–H groups in total. The Balaban J connectivity index is -0.0000000147. The second kappa shape index (κ2) is 331. The van der Waals surface area contributed by atoms with Gasteiger partial charge in [0, 0.05) is 14.2 Å². The quantitative estimate of drug-likeness (QED) is 0.368. The van der Waals surface area contributed by atoms with E-state index in [0.29, 0.717) is 0 Å². The zero-order valence-corrected chi connectivity index (χ0v) is 5.80. The van der Waals surface area contributed by atoms with Crippen LogP contribution in [0.3, 0.4) is 0 Å². The van der Waals surface area contributed by atoms with Crippen molar-refractivity contribution in [2.45, 2.75) is 13.8 Å². The molecule has 4 heteroatoms. The van der Waals surface area contributed by atoms with E-state index in [1.165, 1.54) is 0 Å². The summed E-state index contributed by atoms with van der Waals surface area (Å²) in [6.45, 7) is 4.00. The van der Waals surface area contributed by atoms with E-state index in [4.69, 9.17) is 10.5 Å². The third-order valence-electron chi connectivity index (χ3n) is 0. The SMILES string of the molecule is CC.COC.O.OO.